The molecule has 0 aliphatic carbocycles. The highest BCUT2D eigenvalue weighted by Gasteiger charge is 2.17. The highest BCUT2D eigenvalue weighted by Crippen LogP contribution is 2.26. The van der Waals surface area contributed by atoms with Crippen molar-refractivity contribution in [1.29, 1.82) is 0 Å². The van der Waals surface area contributed by atoms with Crippen molar-refractivity contribution in [3.8, 4) is 22.5 Å². The van der Waals surface area contributed by atoms with Gasteiger partial charge in [0.05, 0.1) is 10.9 Å². The van der Waals surface area contributed by atoms with Crippen LogP contribution in [-0.2, 0) is 17.9 Å². The lowest BCUT2D eigenvalue weighted by molar-refractivity contribution is -0.122. The molecular weight excluding hydrogens is 484 g/mol. The predicted molar refractivity (Wildman–Crippen MR) is 152 cm³/mol. The number of amides is 1. The van der Waals surface area contributed by atoms with Crippen molar-refractivity contribution in [2.45, 2.75) is 46.8 Å². The van der Waals surface area contributed by atoms with Gasteiger partial charge in [0.25, 0.3) is 5.56 Å². The number of benzene rings is 3. The molecule has 0 fully saturated rings. The van der Waals surface area contributed by atoms with Crippen molar-refractivity contribution in [3.63, 3.8) is 0 Å². The third-order valence-electron chi connectivity index (χ3n) is 6.35. The van der Waals surface area contributed by atoms with Gasteiger partial charge in [-0.1, -0.05) is 61.8 Å². The molecular formula is C30H33ClN4O2. The minimum absolute atomic E-state index is 0.0403. The standard InChI is InChI=1S/C30H33ClN4O2/c1-5-34(6-2)18-21-9-7-10-22(15-21)23-13-14-27-26(17-23)30(37)35(19-28(36)32-20(3)4)29(33-27)24-11-8-12-25(31)16-24/h7-17,20H,5-6,18-19H2,1-4H3,(H,32,36). The van der Waals surface area contributed by atoms with E-state index in [0.29, 0.717) is 27.3 Å². The lowest BCUT2D eigenvalue weighted by atomic mass is 10.0. The number of carbonyl (C=O) groups excluding carboxylic acids is 1. The fourth-order valence-corrected chi connectivity index (χ4v) is 4.65. The smallest absolute Gasteiger partial charge is 0.262 e. The van der Waals surface area contributed by atoms with Gasteiger partial charge in [0.15, 0.2) is 0 Å². The largest absolute Gasteiger partial charge is 0.352 e. The summed E-state index contributed by atoms with van der Waals surface area (Å²) in [7, 11) is 0. The fraction of sp³-hybridized carbons (Fsp3) is 0.300. The molecule has 1 amide bonds. The van der Waals surface area contributed by atoms with E-state index in [2.05, 4.69) is 42.3 Å². The number of nitrogens with one attached hydrogen (secondary N) is 1. The number of nitrogens with zero attached hydrogens (tertiary/aromatic N) is 3. The Labute approximate surface area is 222 Å². The lowest BCUT2D eigenvalue weighted by Gasteiger charge is -2.18. The van der Waals surface area contributed by atoms with E-state index in [1.165, 1.54) is 10.1 Å². The predicted octanol–water partition coefficient (Wildman–Crippen LogP) is 5.75. The molecule has 1 heterocycles. The average Bonchev–Trinajstić information content (AvgIpc) is 2.88. The Morgan fingerprint density at radius 2 is 1.68 bits per heavy atom. The van der Waals surface area contributed by atoms with Crippen molar-refractivity contribution in [2.75, 3.05) is 13.1 Å². The number of carbonyl (C=O) groups is 1. The fourth-order valence-electron chi connectivity index (χ4n) is 4.46. The monoisotopic (exact) mass is 516 g/mol. The molecule has 192 valence electrons. The summed E-state index contributed by atoms with van der Waals surface area (Å²) in [5, 5.41) is 3.87. The summed E-state index contributed by atoms with van der Waals surface area (Å²) < 4.78 is 1.44. The molecule has 0 aliphatic rings. The van der Waals surface area contributed by atoms with Crippen LogP contribution < -0.4 is 10.9 Å². The van der Waals surface area contributed by atoms with Crippen LogP contribution >= 0.6 is 11.6 Å². The third kappa shape index (κ3) is 6.27. The topological polar surface area (TPSA) is 67.2 Å². The molecule has 0 unspecified atom stereocenters. The zero-order valence-corrected chi connectivity index (χ0v) is 22.5. The Kier molecular flexibility index (Phi) is 8.41. The second-order valence-electron chi connectivity index (χ2n) is 9.45. The van der Waals surface area contributed by atoms with Gasteiger partial charge < -0.3 is 5.32 Å². The molecule has 6 nitrogen and oxygen atoms in total. The number of aromatic nitrogens is 2. The number of halogens is 1. The summed E-state index contributed by atoms with van der Waals surface area (Å²) in [6, 6.07) is 21.3. The Morgan fingerprint density at radius 1 is 0.973 bits per heavy atom. The Hall–Kier alpha value is -3.48. The quantitative estimate of drug-likeness (QED) is 0.307. The maximum atomic E-state index is 13.8. The average molecular weight is 517 g/mol. The van der Waals surface area contributed by atoms with E-state index in [1.54, 1.807) is 18.2 Å². The first-order chi connectivity index (χ1) is 17.8. The first kappa shape index (κ1) is 26.6. The SMILES string of the molecule is CCN(CC)Cc1cccc(-c2ccc3nc(-c4cccc(Cl)c4)n(CC(=O)NC(C)C)c(=O)c3c2)c1. The summed E-state index contributed by atoms with van der Waals surface area (Å²) >= 11 is 6.23. The van der Waals surface area contributed by atoms with Crippen molar-refractivity contribution in [2.24, 2.45) is 0 Å². The van der Waals surface area contributed by atoms with Crippen LogP contribution in [0.4, 0.5) is 0 Å². The summed E-state index contributed by atoms with van der Waals surface area (Å²) in [6.45, 7) is 10.8. The molecule has 37 heavy (non-hydrogen) atoms. The molecule has 4 aromatic rings. The molecule has 0 saturated carbocycles. The van der Waals surface area contributed by atoms with Gasteiger partial charge in [0.1, 0.15) is 12.4 Å². The van der Waals surface area contributed by atoms with Crippen LogP contribution in [0.2, 0.25) is 5.02 Å². The van der Waals surface area contributed by atoms with E-state index in [0.717, 1.165) is 30.8 Å². The first-order valence-corrected chi connectivity index (χ1v) is 13.1. The van der Waals surface area contributed by atoms with Gasteiger partial charge in [0, 0.05) is 23.2 Å². The molecule has 7 heteroatoms. The van der Waals surface area contributed by atoms with Crippen LogP contribution in [0.5, 0.6) is 0 Å². The van der Waals surface area contributed by atoms with Crippen LogP contribution in [-0.4, -0.2) is 39.5 Å². The molecule has 0 spiro atoms. The second-order valence-corrected chi connectivity index (χ2v) is 9.89. The molecule has 0 radical (unpaired) electrons. The van der Waals surface area contributed by atoms with Gasteiger partial charge in [-0.05, 0) is 74.0 Å². The zero-order chi connectivity index (χ0) is 26.5. The van der Waals surface area contributed by atoms with E-state index >= 15 is 0 Å². The lowest BCUT2D eigenvalue weighted by Crippen LogP contribution is -2.37. The van der Waals surface area contributed by atoms with Crippen molar-refractivity contribution >= 4 is 28.4 Å². The maximum absolute atomic E-state index is 13.8. The van der Waals surface area contributed by atoms with Gasteiger partial charge in [-0.2, -0.15) is 0 Å². The molecule has 0 atom stereocenters. The number of hydrogen-bond acceptors (Lipinski definition) is 4. The van der Waals surface area contributed by atoms with Gasteiger partial charge in [0.2, 0.25) is 5.91 Å². The Morgan fingerprint density at radius 3 is 2.38 bits per heavy atom. The van der Waals surface area contributed by atoms with Crippen molar-refractivity contribution < 1.29 is 4.79 Å². The number of hydrogen-bond donors (Lipinski definition) is 1. The van der Waals surface area contributed by atoms with Crippen LogP contribution in [0, 0.1) is 0 Å². The van der Waals surface area contributed by atoms with E-state index in [-0.39, 0.29) is 24.1 Å². The summed E-state index contributed by atoms with van der Waals surface area (Å²) in [5.74, 6) is 0.162. The minimum atomic E-state index is -0.264. The molecule has 0 saturated heterocycles. The van der Waals surface area contributed by atoms with E-state index in [1.807, 2.05) is 44.2 Å². The zero-order valence-electron chi connectivity index (χ0n) is 21.8. The molecule has 0 bridgehead atoms. The van der Waals surface area contributed by atoms with E-state index < -0.39 is 0 Å². The number of fused-ring (bicyclic) bond motifs is 1. The van der Waals surface area contributed by atoms with Gasteiger partial charge >= 0.3 is 0 Å². The van der Waals surface area contributed by atoms with Crippen molar-refractivity contribution in [1.82, 2.24) is 19.8 Å². The normalized spacial score (nSPS) is 11.4. The highest BCUT2D eigenvalue weighted by atomic mass is 35.5. The second kappa shape index (κ2) is 11.7. The molecule has 0 aliphatic heterocycles. The van der Waals surface area contributed by atoms with E-state index in [9.17, 15) is 9.59 Å². The summed E-state index contributed by atoms with van der Waals surface area (Å²) in [4.78, 5) is 33.7. The van der Waals surface area contributed by atoms with Crippen LogP contribution in [0.25, 0.3) is 33.4 Å². The van der Waals surface area contributed by atoms with Gasteiger partial charge in [-0.25, -0.2) is 4.98 Å². The summed E-state index contributed by atoms with van der Waals surface area (Å²) in [6.07, 6.45) is 0. The molecule has 1 N–H and O–H groups in total. The number of rotatable bonds is 9. The van der Waals surface area contributed by atoms with Crippen molar-refractivity contribution in [3.05, 3.63) is 87.7 Å². The van der Waals surface area contributed by atoms with Crippen LogP contribution in [0.3, 0.4) is 0 Å². The van der Waals surface area contributed by atoms with Crippen LogP contribution in [0.1, 0.15) is 33.3 Å². The summed E-state index contributed by atoms with van der Waals surface area (Å²) in [5.41, 5.74) is 4.18. The van der Waals surface area contributed by atoms with Gasteiger partial charge in [-0.3, -0.25) is 19.1 Å². The minimum Gasteiger partial charge on any atom is -0.352 e. The third-order valence-corrected chi connectivity index (χ3v) is 6.58. The Balaban J connectivity index is 1.82. The maximum Gasteiger partial charge on any atom is 0.262 e. The molecule has 4 rings (SSSR count). The molecule has 1 aromatic heterocycles. The molecule has 3 aromatic carbocycles. The highest BCUT2D eigenvalue weighted by molar-refractivity contribution is 6.30. The van der Waals surface area contributed by atoms with Gasteiger partial charge in [-0.15, -0.1) is 0 Å². The van der Waals surface area contributed by atoms with Crippen LogP contribution in [0.15, 0.2) is 71.5 Å². The Bertz CT molecular complexity index is 1470. The van der Waals surface area contributed by atoms with E-state index in [4.69, 9.17) is 16.6 Å². The first-order valence-electron chi connectivity index (χ1n) is 12.7.